The quantitative estimate of drug-likeness (QED) is 0.676. The van der Waals surface area contributed by atoms with Crippen LogP contribution in [-0.4, -0.2) is 40.0 Å². The zero-order valence-electron chi connectivity index (χ0n) is 17.0. The number of carbonyl (C=O) groups is 1. The molecular formula is C23H22FN5O2. The van der Waals surface area contributed by atoms with E-state index in [1.54, 1.807) is 35.9 Å². The van der Waals surface area contributed by atoms with Crippen molar-refractivity contribution >= 4 is 17.3 Å². The van der Waals surface area contributed by atoms with Crippen molar-refractivity contribution in [3.05, 3.63) is 71.3 Å². The minimum Gasteiger partial charge on any atom is -0.393 e. The Morgan fingerprint density at radius 1 is 1.23 bits per heavy atom. The van der Waals surface area contributed by atoms with E-state index in [9.17, 15) is 19.6 Å². The minimum atomic E-state index is -0.344. The van der Waals surface area contributed by atoms with E-state index in [0.29, 0.717) is 54.1 Å². The molecule has 1 aliphatic heterocycles. The van der Waals surface area contributed by atoms with Crippen LogP contribution in [0.15, 0.2) is 48.7 Å². The summed E-state index contributed by atoms with van der Waals surface area (Å²) >= 11 is 0. The van der Waals surface area contributed by atoms with Crippen molar-refractivity contribution in [2.24, 2.45) is 0 Å². The second-order valence-corrected chi connectivity index (χ2v) is 7.55. The molecule has 0 radical (unpaired) electrons. The van der Waals surface area contributed by atoms with E-state index in [1.807, 2.05) is 6.07 Å². The third-order valence-electron chi connectivity index (χ3n) is 5.51. The number of amides is 1. The van der Waals surface area contributed by atoms with Gasteiger partial charge in [-0.15, -0.1) is 0 Å². The van der Waals surface area contributed by atoms with Gasteiger partial charge < -0.3 is 15.3 Å². The highest BCUT2D eigenvalue weighted by Gasteiger charge is 2.20. The number of piperidine rings is 1. The lowest BCUT2D eigenvalue weighted by Gasteiger charge is -2.32. The smallest absolute Gasteiger partial charge is 0.259 e. The third-order valence-corrected chi connectivity index (χ3v) is 5.51. The predicted molar refractivity (Wildman–Crippen MR) is 115 cm³/mol. The standard InChI is InChI=1S/C23H22FN5O2/c1-15-21(14-26-29(15)19-5-2-17(24)3-6-19)23(31)27-18-4-7-22(16(12-18)13-25)28-10-8-20(30)9-11-28/h2-7,12,14,20,30H,8-11H2,1H3,(H,27,31). The monoisotopic (exact) mass is 419 g/mol. The van der Waals surface area contributed by atoms with Crippen molar-refractivity contribution < 1.29 is 14.3 Å². The zero-order chi connectivity index (χ0) is 22.0. The summed E-state index contributed by atoms with van der Waals surface area (Å²) < 4.78 is 14.7. The van der Waals surface area contributed by atoms with Crippen LogP contribution >= 0.6 is 0 Å². The number of benzene rings is 2. The maximum absolute atomic E-state index is 13.2. The van der Waals surface area contributed by atoms with Crippen molar-refractivity contribution in [3.63, 3.8) is 0 Å². The maximum atomic E-state index is 13.2. The van der Waals surface area contributed by atoms with Gasteiger partial charge in [0.05, 0.1) is 40.5 Å². The number of aliphatic hydroxyl groups excluding tert-OH is 1. The van der Waals surface area contributed by atoms with Crippen LogP contribution in [0.5, 0.6) is 0 Å². The molecule has 0 spiro atoms. The Labute approximate surface area is 179 Å². The first-order chi connectivity index (χ1) is 15.0. The second kappa shape index (κ2) is 8.58. The van der Waals surface area contributed by atoms with Crippen LogP contribution in [0.1, 0.15) is 34.5 Å². The summed E-state index contributed by atoms with van der Waals surface area (Å²) in [6, 6.07) is 13.3. The van der Waals surface area contributed by atoms with Crippen molar-refractivity contribution in [3.8, 4) is 11.8 Å². The number of nitriles is 1. The first-order valence-electron chi connectivity index (χ1n) is 10.1. The molecule has 0 bridgehead atoms. The van der Waals surface area contributed by atoms with Gasteiger partial charge in [0.2, 0.25) is 0 Å². The summed E-state index contributed by atoms with van der Waals surface area (Å²) in [6.45, 7) is 3.13. The summed E-state index contributed by atoms with van der Waals surface area (Å²) in [4.78, 5) is 14.9. The number of aromatic nitrogens is 2. The number of carbonyl (C=O) groups excluding carboxylic acids is 1. The van der Waals surface area contributed by atoms with Gasteiger partial charge in [0.15, 0.2) is 0 Å². The lowest BCUT2D eigenvalue weighted by atomic mass is 10.0. The van der Waals surface area contributed by atoms with Crippen molar-refractivity contribution in [1.82, 2.24) is 9.78 Å². The van der Waals surface area contributed by atoms with Gasteiger partial charge in [0.25, 0.3) is 5.91 Å². The molecule has 7 nitrogen and oxygen atoms in total. The fraction of sp³-hybridized carbons (Fsp3) is 0.261. The SMILES string of the molecule is Cc1c(C(=O)Nc2ccc(N3CCC(O)CC3)c(C#N)c2)cnn1-c1ccc(F)cc1. The molecule has 0 aliphatic carbocycles. The van der Waals surface area contributed by atoms with Crippen LogP contribution in [0.2, 0.25) is 0 Å². The Bertz CT molecular complexity index is 1140. The van der Waals surface area contributed by atoms with Crippen LogP contribution < -0.4 is 10.2 Å². The number of anilines is 2. The average molecular weight is 419 g/mol. The van der Waals surface area contributed by atoms with E-state index in [2.05, 4.69) is 21.4 Å². The first-order valence-corrected chi connectivity index (χ1v) is 10.1. The molecule has 4 rings (SSSR count). The molecule has 2 heterocycles. The van der Waals surface area contributed by atoms with Crippen LogP contribution in [0.4, 0.5) is 15.8 Å². The number of hydrogen-bond donors (Lipinski definition) is 2. The number of nitrogens with zero attached hydrogens (tertiary/aromatic N) is 4. The molecule has 0 saturated carbocycles. The summed E-state index contributed by atoms with van der Waals surface area (Å²) in [5.41, 5.74) is 3.43. The Kier molecular flexibility index (Phi) is 5.69. The van der Waals surface area contributed by atoms with E-state index in [1.165, 1.54) is 18.3 Å². The van der Waals surface area contributed by atoms with Gasteiger partial charge in [-0.2, -0.15) is 10.4 Å². The van der Waals surface area contributed by atoms with Crippen LogP contribution in [-0.2, 0) is 0 Å². The molecular weight excluding hydrogens is 397 g/mol. The highest BCUT2D eigenvalue weighted by molar-refractivity contribution is 6.05. The molecule has 3 aromatic rings. The largest absolute Gasteiger partial charge is 0.393 e. The summed E-state index contributed by atoms with van der Waals surface area (Å²) in [5.74, 6) is -0.687. The molecule has 1 aliphatic rings. The Balaban J connectivity index is 1.52. The number of halogens is 1. The summed E-state index contributed by atoms with van der Waals surface area (Å²) in [5, 5.41) is 26.4. The minimum absolute atomic E-state index is 0.292. The van der Waals surface area contributed by atoms with E-state index < -0.39 is 0 Å². The predicted octanol–water partition coefficient (Wildman–Crippen LogP) is 3.40. The highest BCUT2D eigenvalue weighted by atomic mass is 19.1. The van der Waals surface area contributed by atoms with E-state index in [0.717, 1.165) is 5.69 Å². The Hall–Kier alpha value is -3.70. The normalized spacial score (nSPS) is 14.3. The molecule has 0 atom stereocenters. The van der Waals surface area contributed by atoms with E-state index >= 15 is 0 Å². The fourth-order valence-electron chi connectivity index (χ4n) is 3.76. The molecule has 2 N–H and O–H groups in total. The van der Waals surface area contributed by atoms with E-state index in [4.69, 9.17) is 0 Å². The fourth-order valence-corrected chi connectivity index (χ4v) is 3.76. The van der Waals surface area contributed by atoms with Crippen LogP contribution in [0.3, 0.4) is 0 Å². The lowest BCUT2D eigenvalue weighted by molar-refractivity contribution is 0.102. The second-order valence-electron chi connectivity index (χ2n) is 7.55. The first kappa shape index (κ1) is 20.6. The van der Waals surface area contributed by atoms with Gasteiger partial charge in [0.1, 0.15) is 11.9 Å². The van der Waals surface area contributed by atoms with Gasteiger partial charge in [-0.3, -0.25) is 4.79 Å². The van der Waals surface area contributed by atoms with Crippen molar-refractivity contribution in [2.75, 3.05) is 23.3 Å². The number of hydrogen-bond acceptors (Lipinski definition) is 5. The van der Waals surface area contributed by atoms with Gasteiger partial charge in [0, 0.05) is 18.8 Å². The van der Waals surface area contributed by atoms with Gasteiger partial charge in [-0.1, -0.05) is 0 Å². The number of aliphatic hydroxyl groups is 1. The molecule has 2 aromatic carbocycles. The van der Waals surface area contributed by atoms with Crippen LogP contribution in [0, 0.1) is 24.1 Å². The van der Waals surface area contributed by atoms with Gasteiger partial charge in [-0.05, 0) is 62.2 Å². The highest BCUT2D eigenvalue weighted by Crippen LogP contribution is 2.27. The molecule has 158 valence electrons. The van der Waals surface area contributed by atoms with E-state index in [-0.39, 0.29) is 17.8 Å². The lowest BCUT2D eigenvalue weighted by Crippen LogP contribution is -2.36. The van der Waals surface area contributed by atoms with Gasteiger partial charge >= 0.3 is 0 Å². The zero-order valence-corrected chi connectivity index (χ0v) is 17.0. The Morgan fingerprint density at radius 3 is 2.61 bits per heavy atom. The van der Waals surface area contributed by atoms with Crippen molar-refractivity contribution in [2.45, 2.75) is 25.9 Å². The molecule has 8 heteroatoms. The number of nitrogens with one attached hydrogen (secondary N) is 1. The van der Waals surface area contributed by atoms with Crippen LogP contribution in [0.25, 0.3) is 5.69 Å². The summed E-state index contributed by atoms with van der Waals surface area (Å²) in [7, 11) is 0. The summed E-state index contributed by atoms with van der Waals surface area (Å²) in [6.07, 6.45) is 2.51. The molecule has 1 saturated heterocycles. The van der Waals surface area contributed by atoms with Gasteiger partial charge in [-0.25, -0.2) is 9.07 Å². The molecule has 1 aromatic heterocycles. The maximum Gasteiger partial charge on any atom is 0.259 e. The van der Waals surface area contributed by atoms with Crippen molar-refractivity contribution in [1.29, 1.82) is 5.26 Å². The number of rotatable bonds is 4. The molecule has 0 unspecified atom stereocenters. The third kappa shape index (κ3) is 4.27. The molecule has 31 heavy (non-hydrogen) atoms. The molecule has 1 fully saturated rings. The average Bonchev–Trinajstić information content (AvgIpc) is 3.16. The molecule has 1 amide bonds. The Morgan fingerprint density at radius 2 is 1.94 bits per heavy atom. The topological polar surface area (TPSA) is 94.2 Å².